The van der Waals surface area contributed by atoms with Crippen LogP contribution in [-0.4, -0.2) is 19.4 Å². The Bertz CT molecular complexity index is 463. The maximum Gasteiger partial charge on any atom is 0.231 e. The van der Waals surface area contributed by atoms with Gasteiger partial charge in [-0.05, 0) is 43.9 Å². The first kappa shape index (κ1) is 13.6. The van der Waals surface area contributed by atoms with Gasteiger partial charge in [-0.25, -0.2) is 0 Å². The fraction of sp³-hybridized carbons (Fsp3) is 0.625. The van der Waals surface area contributed by atoms with Crippen LogP contribution in [0.15, 0.2) is 18.2 Å². The molecule has 3 atom stereocenters. The molecule has 0 radical (unpaired) electrons. The zero-order chi connectivity index (χ0) is 13.9. The van der Waals surface area contributed by atoms with E-state index in [0.717, 1.165) is 29.6 Å². The van der Waals surface area contributed by atoms with E-state index in [1.54, 1.807) is 0 Å². The van der Waals surface area contributed by atoms with Gasteiger partial charge in [0, 0.05) is 12.0 Å². The van der Waals surface area contributed by atoms with Gasteiger partial charge in [0.1, 0.15) is 11.9 Å². The first-order valence-electron chi connectivity index (χ1n) is 7.56. The third kappa shape index (κ3) is 2.70. The van der Waals surface area contributed by atoms with E-state index >= 15 is 0 Å². The summed E-state index contributed by atoms with van der Waals surface area (Å²) >= 11 is 0. The van der Waals surface area contributed by atoms with Crippen molar-refractivity contribution < 1.29 is 14.2 Å². The highest BCUT2D eigenvalue weighted by Crippen LogP contribution is 2.38. The SMILES string of the molecule is CCC1CCC(CN)C(Oc2ccc3c(c2)OCO3)C1. The van der Waals surface area contributed by atoms with Gasteiger partial charge >= 0.3 is 0 Å². The van der Waals surface area contributed by atoms with Crippen LogP contribution in [0.5, 0.6) is 17.2 Å². The van der Waals surface area contributed by atoms with Gasteiger partial charge < -0.3 is 19.9 Å². The van der Waals surface area contributed by atoms with Crippen LogP contribution >= 0.6 is 0 Å². The number of benzene rings is 1. The highest BCUT2D eigenvalue weighted by Gasteiger charge is 2.30. The average Bonchev–Trinajstić information content (AvgIpc) is 2.94. The van der Waals surface area contributed by atoms with Crippen molar-refractivity contribution in [2.75, 3.05) is 13.3 Å². The molecule has 1 aliphatic carbocycles. The van der Waals surface area contributed by atoms with Crippen LogP contribution in [0.4, 0.5) is 0 Å². The Labute approximate surface area is 120 Å². The second kappa shape index (κ2) is 5.92. The van der Waals surface area contributed by atoms with Gasteiger partial charge in [0.25, 0.3) is 0 Å². The number of fused-ring (bicyclic) bond motifs is 1. The molecule has 1 fully saturated rings. The molecule has 1 aliphatic heterocycles. The van der Waals surface area contributed by atoms with Crippen molar-refractivity contribution in [2.45, 2.75) is 38.7 Å². The lowest BCUT2D eigenvalue weighted by atomic mass is 9.78. The molecule has 2 aliphatic rings. The maximum atomic E-state index is 6.20. The quantitative estimate of drug-likeness (QED) is 0.919. The van der Waals surface area contributed by atoms with E-state index in [1.807, 2.05) is 18.2 Å². The predicted octanol–water partition coefficient (Wildman–Crippen LogP) is 2.95. The first-order chi connectivity index (χ1) is 9.80. The summed E-state index contributed by atoms with van der Waals surface area (Å²) < 4.78 is 16.9. The van der Waals surface area contributed by atoms with E-state index in [-0.39, 0.29) is 6.10 Å². The lowest BCUT2D eigenvalue weighted by molar-refractivity contribution is 0.0683. The summed E-state index contributed by atoms with van der Waals surface area (Å²) in [5.41, 5.74) is 5.90. The Balaban J connectivity index is 1.71. The fourth-order valence-corrected chi connectivity index (χ4v) is 3.18. The molecule has 0 aromatic heterocycles. The van der Waals surface area contributed by atoms with Crippen LogP contribution in [0, 0.1) is 11.8 Å². The molecular formula is C16H23NO3. The monoisotopic (exact) mass is 277 g/mol. The normalized spacial score (nSPS) is 28.4. The lowest BCUT2D eigenvalue weighted by Gasteiger charge is -2.35. The van der Waals surface area contributed by atoms with Gasteiger partial charge in [-0.3, -0.25) is 0 Å². The predicted molar refractivity (Wildman–Crippen MR) is 77.2 cm³/mol. The smallest absolute Gasteiger partial charge is 0.231 e. The van der Waals surface area contributed by atoms with Gasteiger partial charge in [-0.1, -0.05) is 13.3 Å². The van der Waals surface area contributed by atoms with Crippen LogP contribution < -0.4 is 19.9 Å². The van der Waals surface area contributed by atoms with E-state index in [0.29, 0.717) is 19.3 Å². The summed E-state index contributed by atoms with van der Waals surface area (Å²) in [6, 6.07) is 5.79. The minimum atomic E-state index is 0.221. The average molecular weight is 277 g/mol. The molecule has 3 unspecified atom stereocenters. The van der Waals surface area contributed by atoms with Crippen LogP contribution in [0.3, 0.4) is 0 Å². The van der Waals surface area contributed by atoms with Gasteiger partial charge in [-0.2, -0.15) is 0 Å². The summed E-state index contributed by atoms with van der Waals surface area (Å²) in [5.74, 6) is 3.65. The molecule has 1 aromatic rings. The Kier molecular flexibility index (Phi) is 4.01. The summed E-state index contributed by atoms with van der Waals surface area (Å²) in [5, 5.41) is 0. The molecule has 2 N–H and O–H groups in total. The third-order valence-corrected chi connectivity index (χ3v) is 4.55. The van der Waals surface area contributed by atoms with E-state index in [4.69, 9.17) is 19.9 Å². The minimum absolute atomic E-state index is 0.221. The number of hydrogen-bond acceptors (Lipinski definition) is 4. The van der Waals surface area contributed by atoms with Crippen LogP contribution in [-0.2, 0) is 0 Å². The largest absolute Gasteiger partial charge is 0.490 e. The molecule has 0 saturated heterocycles. The second-order valence-corrected chi connectivity index (χ2v) is 5.75. The van der Waals surface area contributed by atoms with E-state index in [1.165, 1.54) is 19.3 Å². The van der Waals surface area contributed by atoms with Crippen LogP contribution in [0.2, 0.25) is 0 Å². The van der Waals surface area contributed by atoms with Gasteiger partial charge in [0.15, 0.2) is 11.5 Å². The highest BCUT2D eigenvalue weighted by molar-refractivity contribution is 5.46. The fourth-order valence-electron chi connectivity index (χ4n) is 3.18. The maximum absolute atomic E-state index is 6.20. The van der Waals surface area contributed by atoms with Crippen molar-refractivity contribution >= 4 is 0 Å². The molecule has 0 bridgehead atoms. The topological polar surface area (TPSA) is 53.7 Å². The van der Waals surface area contributed by atoms with Crippen molar-refractivity contribution in [3.05, 3.63) is 18.2 Å². The summed E-state index contributed by atoms with van der Waals surface area (Å²) in [6.07, 6.45) is 4.99. The van der Waals surface area contributed by atoms with Crippen molar-refractivity contribution in [1.29, 1.82) is 0 Å². The third-order valence-electron chi connectivity index (χ3n) is 4.55. The molecule has 4 nitrogen and oxygen atoms in total. The van der Waals surface area contributed by atoms with Gasteiger partial charge in [0.2, 0.25) is 6.79 Å². The lowest BCUT2D eigenvalue weighted by Crippen LogP contribution is -2.38. The molecule has 4 heteroatoms. The molecule has 1 aromatic carbocycles. The number of ether oxygens (including phenoxy) is 3. The summed E-state index contributed by atoms with van der Waals surface area (Å²) in [4.78, 5) is 0. The van der Waals surface area contributed by atoms with Gasteiger partial charge in [0.05, 0.1) is 0 Å². The number of rotatable bonds is 4. The first-order valence-corrected chi connectivity index (χ1v) is 7.56. The van der Waals surface area contributed by atoms with E-state index in [2.05, 4.69) is 6.92 Å². The Morgan fingerprint density at radius 3 is 2.90 bits per heavy atom. The van der Waals surface area contributed by atoms with E-state index < -0.39 is 0 Å². The molecule has 1 heterocycles. The molecule has 1 saturated carbocycles. The van der Waals surface area contributed by atoms with Crippen molar-refractivity contribution in [2.24, 2.45) is 17.6 Å². The number of nitrogens with two attached hydrogens (primary N) is 1. The molecular weight excluding hydrogens is 254 g/mol. The minimum Gasteiger partial charge on any atom is -0.490 e. The van der Waals surface area contributed by atoms with Gasteiger partial charge in [-0.15, -0.1) is 0 Å². The van der Waals surface area contributed by atoms with Crippen molar-refractivity contribution in [3.63, 3.8) is 0 Å². The Hall–Kier alpha value is -1.42. The van der Waals surface area contributed by atoms with E-state index in [9.17, 15) is 0 Å². The summed E-state index contributed by atoms with van der Waals surface area (Å²) in [7, 11) is 0. The molecule has 0 spiro atoms. The molecule has 110 valence electrons. The zero-order valence-corrected chi connectivity index (χ0v) is 12.0. The molecule has 3 rings (SSSR count). The van der Waals surface area contributed by atoms with Crippen molar-refractivity contribution in [1.82, 2.24) is 0 Å². The zero-order valence-electron chi connectivity index (χ0n) is 12.0. The van der Waals surface area contributed by atoms with Crippen molar-refractivity contribution in [3.8, 4) is 17.2 Å². The summed E-state index contributed by atoms with van der Waals surface area (Å²) in [6.45, 7) is 3.25. The number of hydrogen-bond donors (Lipinski definition) is 1. The Morgan fingerprint density at radius 2 is 2.10 bits per heavy atom. The molecule has 20 heavy (non-hydrogen) atoms. The second-order valence-electron chi connectivity index (χ2n) is 5.75. The standard InChI is InChI=1S/C16H23NO3/c1-2-11-3-4-12(9-17)15(7-11)20-13-5-6-14-16(8-13)19-10-18-14/h5-6,8,11-12,15H,2-4,7,9-10,17H2,1H3. The molecule has 0 amide bonds. The van der Waals surface area contributed by atoms with Crippen LogP contribution in [0.25, 0.3) is 0 Å². The van der Waals surface area contributed by atoms with Crippen LogP contribution in [0.1, 0.15) is 32.6 Å². The highest BCUT2D eigenvalue weighted by atomic mass is 16.7. The Morgan fingerprint density at radius 1 is 1.25 bits per heavy atom.